The van der Waals surface area contributed by atoms with E-state index in [1.54, 1.807) is 7.11 Å². The van der Waals surface area contributed by atoms with Crippen LogP contribution in [-0.2, 0) is 9.84 Å². The van der Waals surface area contributed by atoms with Crippen LogP contribution in [0.3, 0.4) is 0 Å². The van der Waals surface area contributed by atoms with Gasteiger partial charge in [-0.3, -0.25) is 9.80 Å². The number of sulfone groups is 1. The zero-order valence-corrected chi connectivity index (χ0v) is 16.0. The summed E-state index contributed by atoms with van der Waals surface area (Å²) in [4.78, 5) is 4.48. The lowest BCUT2D eigenvalue weighted by Crippen LogP contribution is -2.52. The lowest BCUT2D eigenvalue weighted by molar-refractivity contribution is 0.0384. The Hall–Kier alpha value is -1.35. The molecule has 0 bridgehead atoms. The summed E-state index contributed by atoms with van der Waals surface area (Å²) in [5.41, 5.74) is 0. The third kappa shape index (κ3) is 5.09. The van der Waals surface area contributed by atoms with Crippen molar-refractivity contribution >= 4 is 9.84 Å². The molecular formula is C18H28N2O5S. The van der Waals surface area contributed by atoms with Gasteiger partial charge >= 0.3 is 0 Å². The molecule has 2 aliphatic rings. The standard InChI is InChI=1S/C18H28N2O5S/c1-24-17-4-2-3-5-18(17)25-13-16(21)12-19-7-9-20(10-8-19)15-6-11-26(22,23)14-15/h2-5,15-16,21H,6-14H2,1H3/t15-,16+/m1/s1. The smallest absolute Gasteiger partial charge is 0.161 e. The monoisotopic (exact) mass is 384 g/mol. The highest BCUT2D eigenvalue weighted by atomic mass is 32.2. The van der Waals surface area contributed by atoms with E-state index in [9.17, 15) is 13.5 Å². The Morgan fingerprint density at radius 1 is 1.19 bits per heavy atom. The third-order valence-electron chi connectivity index (χ3n) is 5.10. The molecule has 2 fully saturated rings. The summed E-state index contributed by atoms with van der Waals surface area (Å²) >= 11 is 0. The minimum absolute atomic E-state index is 0.168. The number of ether oxygens (including phenoxy) is 2. The molecule has 7 nitrogen and oxygen atoms in total. The number of nitrogens with zero attached hydrogens (tertiary/aromatic N) is 2. The van der Waals surface area contributed by atoms with E-state index in [0.717, 1.165) is 32.6 Å². The Bertz CT molecular complexity index is 689. The van der Waals surface area contributed by atoms with E-state index in [4.69, 9.17) is 9.47 Å². The van der Waals surface area contributed by atoms with Crippen LogP contribution < -0.4 is 9.47 Å². The summed E-state index contributed by atoms with van der Waals surface area (Å²) in [5.74, 6) is 1.89. The van der Waals surface area contributed by atoms with Crippen molar-refractivity contribution in [2.45, 2.75) is 18.6 Å². The number of methoxy groups -OCH3 is 1. The molecule has 1 aromatic rings. The number of aliphatic hydroxyl groups is 1. The molecule has 0 unspecified atom stereocenters. The van der Waals surface area contributed by atoms with Crippen LogP contribution in [0.15, 0.2) is 24.3 Å². The van der Waals surface area contributed by atoms with Gasteiger partial charge in [0.2, 0.25) is 0 Å². The second-order valence-electron chi connectivity index (χ2n) is 7.01. The number of β-amino-alcohol motifs (C(OH)–C–C–N with tert-alkyl or cyclic N) is 1. The minimum atomic E-state index is -2.84. The van der Waals surface area contributed by atoms with Crippen LogP contribution >= 0.6 is 0 Å². The van der Waals surface area contributed by atoms with Crippen LogP contribution in [0, 0.1) is 0 Å². The van der Waals surface area contributed by atoms with Gasteiger partial charge in [0.15, 0.2) is 21.3 Å². The molecular weight excluding hydrogens is 356 g/mol. The second-order valence-corrected chi connectivity index (χ2v) is 9.24. The van der Waals surface area contributed by atoms with Gasteiger partial charge in [0.05, 0.1) is 18.6 Å². The Labute approximate surface area is 155 Å². The van der Waals surface area contributed by atoms with Crippen LogP contribution in [0.5, 0.6) is 11.5 Å². The van der Waals surface area contributed by atoms with Gasteiger partial charge in [0, 0.05) is 38.8 Å². The molecule has 26 heavy (non-hydrogen) atoms. The molecule has 2 heterocycles. The van der Waals surface area contributed by atoms with E-state index in [2.05, 4.69) is 9.80 Å². The molecule has 0 radical (unpaired) electrons. The van der Waals surface area contributed by atoms with Crippen molar-refractivity contribution < 1.29 is 23.0 Å². The number of hydrogen-bond acceptors (Lipinski definition) is 7. The van der Waals surface area contributed by atoms with Crippen molar-refractivity contribution in [3.8, 4) is 11.5 Å². The zero-order valence-electron chi connectivity index (χ0n) is 15.2. The number of aliphatic hydroxyl groups excluding tert-OH is 1. The molecule has 0 aromatic heterocycles. The summed E-state index contributed by atoms with van der Waals surface area (Å²) in [6, 6.07) is 7.55. The summed E-state index contributed by atoms with van der Waals surface area (Å²) in [7, 11) is -1.25. The molecule has 0 amide bonds. The molecule has 8 heteroatoms. The van der Waals surface area contributed by atoms with Crippen molar-refractivity contribution in [2.75, 3.05) is 57.9 Å². The first kappa shape index (κ1) is 19.4. The third-order valence-corrected chi connectivity index (χ3v) is 6.85. The Kier molecular flexibility index (Phi) is 6.39. The summed E-state index contributed by atoms with van der Waals surface area (Å²) in [5, 5.41) is 10.3. The largest absolute Gasteiger partial charge is 0.493 e. The lowest BCUT2D eigenvalue weighted by atomic mass is 10.2. The lowest BCUT2D eigenvalue weighted by Gasteiger charge is -2.38. The van der Waals surface area contributed by atoms with Gasteiger partial charge < -0.3 is 14.6 Å². The van der Waals surface area contributed by atoms with Crippen molar-refractivity contribution in [1.82, 2.24) is 9.80 Å². The molecule has 3 rings (SSSR count). The fourth-order valence-corrected chi connectivity index (χ4v) is 5.41. The molecule has 2 atom stereocenters. The highest BCUT2D eigenvalue weighted by Gasteiger charge is 2.33. The fraction of sp³-hybridized carbons (Fsp3) is 0.667. The predicted octanol–water partition coefficient (Wildman–Crippen LogP) is 0.240. The minimum Gasteiger partial charge on any atom is -0.493 e. The normalized spacial score (nSPS) is 25.1. The van der Waals surface area contributed by atoms with Gasteiger partial charge in [-0.15, -0.1) is 0 Å². The Morgan fingerprint density at radius 3 is 2.50 bits per heavy atom. The first-order valence-corrected chi connectivity index (χ1v) is 10.9. The SMILES string of the molecule is COc1ccccc1OC[C@@H](O)CN1CCN([C@@H]2CCS(=O)(=O)C2)CC1. The van der Waals surface area contributed by atoms with E-state index in [-0.39, 0.29) is 12.6 Å². The van der Waals surface area contributed by atoms with Crippen molar-refractivity contribution in [3.05, 3.63) is 24.3 Å². The average Bonchev–Trinajstić information content (AvgIpc) is 3.00. The van der Waals surface area contributed by atoms with Crippen LogP contribution in [0.25, 0.3) is 0 Å². The molecule has 2 saturated heterocycles. The summed E-state index contributed by atoms with van der Waals surface area (Å²) < 4.78 is 34.2. The van der Waals surface area contributed by atoms with Crippen LogP contribution in [0.2, 0.25) is 0 Å². The van der Waals surface area contributed by atoms with Gasteiger partial charge in [-0.2, -0.15) is 0 Å². The van der Waals surface area contributed by atoms with E-state index in [1.165, 1.54) is 0 Å². The number of rotatable bonds is 7. The number of hydrogen-bond donors (Lipinski definition) is 1. The quantitative estimate of drug-likeness (QED) is 0.721. The van der Waals surface area contributed by atoms with Crippen molar-refractivity contribution in [2.24, 2.45) is 0 Å². The van der Waals surface area contributed by atoms with Crippen LogP contribution in [-0.4, -0.2) is 93.4 Å². The zero-order chi connectivity index (χ0) is 18.6. The van der Waals surface area contributed by atoms with Gasteiger partial charge in [0.25, 0.3) is 0 Å². The maximum atomic E-state index is 11.6. The van der Waals surface area contributed by atoms with Crippen molar-refractivity contribution in [1.29, 1.82) is 0 Å². The van der Waals surface area contributed by atoms with Gasteiger partial charge in [0.1, 0.15) is 12.7 Å². The van der Waals surface area contributed by atoms with Gasteiger partial charge in [-0.25, -0.2) is 8.42 Å². The van der Waals surface area contributed by atoms with Gasteiger partial charge in [-0.05, 0) is 18.6 Å². The van der Waals surface area contributed by atoms with Crippen LogP contribution in [0.4, 0.5) is 0 Å². The fourth-order valence-electron chi connectivity index (χ4n) is 3.65. The number of para-hydroxylation sites is 2. The second kappa shape index (κ2) is 8.56. The molecule has 0 aliphatic carbocycles. The molecule has 2 aliphatic heterocycles. The molecule has 1 N–H and O–H groups in total. The van der Waals surface area contributed by atoms with Crippen molar-refractivity contribution in [3.63, 3.8) is 0 Å². The topological polar surface area (TPSA) is 79.3 Å². The Balaban J connectivity index is 1.40. The highest BCUT2D eigenvalue weighted by Crippen LogP contribution is 2.26. The first-order valence-electron chi connectivity index (χ1n) is 9.07. The summed E-state index contributed by atoms with van der Waals surface area (Å²) in [6.07, 6.45) is 0.163. The first-order chi connectivity index (χ1) is 12.5. The molecule has 146 valence electrons. The maximum Gasteiger partial charge on any atom is 0.161 e. The highest BCUT2D eigenvalue weighted by molar-refractivity contribution is 7.91. The molecule has 0 saturated carbocycles. The van der Waals surface area contributed by atoms with Crippen LogP contribution in [0.1, 0.15) is 6.42 Å². The maximum absolute atomic E-state index is 11.6. The van der Waals surface area contributed by atoms with E-state index >= 15 is 0 Å². The van der Waals surface area contributed by atoms with Gasteiger partial charge in [-0.1, -0.05) is 12.1 Å². The van der Waals surface area contributed by atoms with E-state index in [1.807, 2.05) is 24.3 Å². The number of piperazine rings is 1. The Morgan fingerprint density at radius 2 is 1.88 bits per heavy atom. The summed E-state index contributed by atoms with van der Waals surface area (Å²) in [6.45, 7) is 4.12. The predicted molar refractivity (Wildman–Crippen MR) is 99.6 cm³/mol. The average molecular weight is 384 g/mol. The van der Waals surface area contributed by atoms with E-state index < -0.39 is 15.9 Å². The molecule has 1 aromatic carbocycles. The number of benzene rings is 1. The molecule has 0 spiro atoms. The van der Waals surface area contributed by atoms with E-state index in [0.29, 0.717) is 29.5 Å².